The first kappa shape index (κ1) is 16.9. The first-order valence-electron chi connectivity index (χ1n) is 4.77. The zero-order chi connectivity index (χ0) is 13.3. The fourth-order valence-electron chi connectivity index (χ4n) is 0.890. The lowest BCUT2D eigenvalue weighted by atomic mass is 10.4. The molecule has 0 spiro atoms. The van der Waals surface area contributed by atoms with Gasteiger partial charge in [-0.2, -0.15) is 8.42 Å². The number of rotatable bonds is 10. The topological polar surface area (TPSA) is 134 Å². The third-order valence-corrected chi connectivity index (χ3v) is 3.21. The Hall–Kier alpha value is -0.0731. The van der Waals surface area contributed by atoms with Crippen LogP contribution in [0.25, 0.3) is 0 Å². The van der Waals surface area contributed by atoms with Crippen molar-refractivity contribution >= 4 is 19.9 Å². The molecule has 0 aromatic heterocycles. The summed E-state index contributed by atoms with van der Waals surface area (Å²) in [6, 6.07) is 0.562. The maximum Gasteiger partial charge on any atom is 0.267 e. The quantitative estimate of drug-likeness (QED) is 0.156. The van der Waals surface area contributed by atoms with Crippen LogP contribution in [0.3, 0.4) is 0 Å². The molecule has 0 saturated carbocycles. The Bertz CT molecular complexity index is 280. The van der Waals surface area contributed by atoms with Gasteiger partial charge in [-0.3, -0.25) is 4.55 Å². The van der Waals surface area contributed by atoms with E-state index in [0.717, 1.165) is 0 Å². The van der Waals surface area contributed by atoms with Crippen LogP contribution in [0.4, 0.5) is 0 Å². The molecule has 102 valence electrons. The largest absolute Gasteiger partial charge is 0.390 e. The molecule has 0 aliphatic heterocycles. The highest BCUT2D eigenvalue weighted by Gasteiger charge is 2.13. The van der Waals surface area contributed by atoms with Gasteiger partial charge in [0.05, 0.1) is 12.7 Å². The maximum atomic E-state index is 10.4. The second kappa shape index (κ2) is 8.94. The summed E-state index contributed by atoms with van der Waals surface area (Å²) in [6.07, 6.45) is -0.688. The lowest BCUT2D eigenvalue weighted by molar-refractivity contribution is -0.180. The normalized spacial score (nSPS) is 14.2. The van der Waals surface area contributed by atoms with Gasteiger partial charge in [-0.1, -0.05) is 0 Å². The van der Waals surface area contributed by atoms with Gasteiger partial charge in [0, 0.05) is 6.61 Å². The van der Waals surface area contributed by atoms with E-state index < -0.39 is 28.5 Å². The fraction of sp³-hybridized carbons (Fsp3) is 1.00. The Balaban J connectivity index is 3.34. The van der Waals surface area contributed by atoms with Crippen LogP contribution < -0.4 is 0 Å². The van der Waals surface area contributed by atoms with Crippen molar-refractivity contribution in [2.24, 2.45) is 0 Å². The average molecular weight is 288 g/mol. The molecular formula is C7H16O8SSi. The lowest BCUT2D eigenvalue weighted by Gasteiger charge is -2.09. The highest BCUT2D eigenvalue weighted by Crippen LogP contribution is 1.96. The molecule has 0 aromatic rings. The Labute approximate surface area is 102 Å². The minimum absolute atomic E-state index is 0.0689. The number of hydrogen-bond acceptors (Lipinski definition) is 7. The molecule has 17 heavy (non-hydrogen) atoms. The Morgan fingerprint density at radius 1 is 1.24 bits per heavy atom. The summed E-state index contributed by atoms with van der Waals surface area (Å²) in [5, 5.41) is 25.8. The van der Waals surface area contributed by atoms with Gasteiger partial charge in [0.2, 0.25) is 9.76 Å². The molecule has 10 heteroatoms. The summed E-state index contributed by atoms with van der Waals surface area (Å²) in [5.74, 6) is -0.755. The van der Waals surface area contributed by atoms with E-state index in [2.05, 4.69) is 4.43 Å². The highest BCUT2D eigenvalue weighted by molar-refractivity contribution is 7.85. The third-order valence-electron chi connectivity index (χ3n) is 1.47. The zero-order valence-corrected chi connectivity index (χ0v) is 10.8. The van der Waals surface area contributed by atoms with Gasteiger partial charge >= 0.3 is 0 Å². The minimum Gasteiger partial charge on any atom is -0.390 e. The van der Waals surface area contributed by atoms with Crippen LogP contribution in [0.15, 0.2) is 0 Å². The van der Waals surface area contributed by atoms with Gasteiger partial charge in [-0.05, 0) is 12.5 Å². The van der Waals surface area contributed by atoms with E-state index in [4.69, 9.17) is 24.6 Å². The Morgan fingerprint density at radius 3 is 2.41 bits per heavy atom. The maximum absolute atomic E-state index is 10.4. The van der Waals surface area contributed by atoms with Crippen LogP contribution >= 0.6 is 0 Å². The molecule has 0 aliphatic rings. The van der Waals surface area contributed by atoms with Crippen molar-refractivity contribution in [2.75, 3.05) is 19.0 Å². The molecule has 1 atom stereocenters. The molecule has 0 aromatic carbocycles. The van der Waals surface area contributed by atoms with Gasteiger partial charge < -0.3 is 24.5 Å². The van der Waals surface area contributed by atoms with Gasteiger partial charge in [-0.15, -0.1) is 0 Å². The summed E-state index contributed by atoms with van der Waals surface area (Å²) in [4.78, 5) is 0. The smallest absolute Gasteiger partial charge is 0.267 e. The lowest BCUT2D eigenvalue weighted by Crippen LogP contribution is -2.25. The predicted octanol–water partition coefficient (Wildman–Crippen LogP) is -2.04. The van der Waals surface area contributed by atoms with Crippen LogP contribution in [-0.4, -0.2) is 69.6 Å². The van der Waals surface area contributed by atoms with E-state index in [-0.39, 0.29) is 23.0 Å². The molecule has 0 saturated heterocycles. The summed E-state index contributed by atoms with van der Waals surface area (Å²) in [5.41, 5.74) is 0. The van der Waals surface area contributed by atoms with E-state index in [1.165, 1.54) is 0 Å². The van der Waals surface area contributed by atoms with Crippen LogP contribution in [0.1, 0.15) is 6.42 Å². The van der Waals surface area contributed by atoms with Crippen molar-refractivity contribution in [3.05, 3.63) is 0 Å². The van der Waals surface area contributed by atoms with Crippen LogP contribution in [-0.2, 0) is 19.3 Å². The molecule has 2 radical (unpaired) electrons. The van der Waals surface area contributed by atoms with Gasteiger partial charge in [0.25, 0.3) is 16.6 Å². The standard InChI is InChI=1S/C7H16O8SSi/c8-6(5-16(11,12)13)4-14-2-1-3-17-15-7(9)10/h6-10H,1-5H2,(H,11,12,13). The highest BCUT2D eigenvalue weighted by atomic mass is 32.2. The van der Waals surface area contributed by atoms with E-state index in [1.54, 1.807) is 0 Å². The van der Waals surface area contributed by atoms with Crippen molar-refractivity contribution < 1.29 is 37.5 Å². The third kappa shape index (κ3) is 13.9. The number of hydrogen-bond donors (Lipinski definition) is 4. The van der Waals surface area contributed by atoms with E-state index >= 15 is 0 Å². The Kier molecular flexibility index (Phi) is 8.90. The zero-order valence-electron chi connectivity index (χ0n) is 9.02. The minimum atomic E-state index is -4.19. The molecule has 0 aliphatic carbocycles. The van der Waals surface area contributed by atoms with Gasteiger partial charge in [0.15, 0.2) is 0 Å². The number of aliphatic hydroxyl groups is 3. The van der Waals surface area contributed by atoms with Crippen LogP contribution in [0.2, 0.25) is 6.04 Å². The SMILES string of the molecule is O=S(=O)(O)CC(O)COCCC[Si]OC(O)O. The van der Waals surface area contributed by atoms with Crippen LogP contribution in [0, 0.1) is 0 Å². The summed E-state index contributed by atoms with van der Waals surface area (Å²) < 4.78 is 38.5. The Morgan fingerprint density at radius 2 is 1.88 bits per heavy atom. The van der Waals surface area contributed by atoms with Crippen molar-refractivity contribution in [2.45, 2.75) is 25.0 Å². The molecule has 4 N–H and O–H groups in total. The van der Waals surface area contributed by atoms with Gasteiger partial charge in [0.1, 0.15) is 5.75 Å². The van der Waals surface area contributed by atoms with E-state index in [9.17, 15) is 8.42 Å². The van der Waals surface area contributed by atoms with Crippen molar-refractivity contribution in [3.63, 3.8) is 0 Å². The fourth-order valence-corrected chi connectivity index (χ4v) is 2.03. The molecule has 1 unspecified atom stereocenters. The van der Waals surface area contributed by atoms with Gasteiger partial charge in [-0.25, -0.2) is 0 Å². The van der Waals surface area contributed by atoms with Crippen molar-refractivity contribution in [3.8, 4) is 0 Å². The van der Waals surface area contributed by atoms with Crippen molar-refractivity contribution in [1.82, 2.24) is 0 Å². The molecule has 0 rings (SSSR count). The second-order valence-electron chi connectivity index (χ2n) is 3.17. The van der Waals surface area contributed by atoms with Crippen LogP contribution in [0.5, 0.6) is 0 Å². The molecule has 0 heterocycles. The predicted molar refractivity (Wildman–Crippen MR) is 57.7 cm³/mol. The molecule has 8 nitrogen and oxygen atoms in total. The monoisotopic (exact) mass is 288 g/mol. The average Bonchev–Trinajstić information content (AvgIpc) is 2.12. The molecule has 0 amide bonds. The summed E-state index contributed by atoms with van der Waals surface area (Å²) in [6.45, 7) is -1.68. The van der Waals surface area contributed by atoms with Crippen molar-refractivity contribution in [1.29, 1.82) is 0 Å². The van der Waals surface area contributed by atoms with E-state index in [1.807, 2.05) is 0 Å². The summed E-state index contributed by atoms with van der Waals surface area (Å²) >= 11 is 0. The summed E-state index contributed by atoms with van der Waals surface area (Å²) in [7, 11) is -4.26. The first-order valence-corrected chi connectivity index (χ1v) is 7.49. The number of ether oxygens (including phenoxy) is 1. The molecular weight excluding hydrogens is 272 g/mol. The second-order valence-corrected chi connectivity index (χ2v) is 5.69. The van der Waals surface area contributed by atoms with E-state index in [0.29, 0.717) is 12.5 Å². The molecule has 0 fully saturated rings. The first-order chi connectivity index (χ1) is 7.81. The number of aliphatic hydroxyl groups excluding tert-OH is 2. The molecule has 0 bridgehead atoms.